The van der Waals surface area contributed by atoms with E-state index in [1.165, 1.54) is 7.11 Å². The highest BCUT2D eigenvalue weighted by Crippen LogP contribution is 2.39. The lowest BCUT2D eigenvalue weighted by atomic mass is 10.0. The van der Waals surface area contributed by atoms with Crippen molar-refractivity contribution in [2.24, 2.45) is 0 Å². The smallest absolute Gasteiger partial charge is 0.358 e. The zero-order valence-electron chi connectivity index (χ0n) is 9.64. The molecule has 6 heteroatoms. The molecule has 1 aromatic heterocycles. The lowest BCUT2D eigenvalue weighted by molar-refractivity contribution is -0.183. The second-order valence-electron chi connectivity index (χ2n) is 4.18. The minimum Gasteiger partial charge on any atom is -0.464 e. The van der Waals surface area contributed by atoms with E-state index < -0.39 is 11.8 Å². The highest BCUT2D eigenvalue weighted by molar-refractivity contribution is 5.87. The van der Waals surface area contributed by atoms with E-state index in [0.717, 1.165) is 25.1 Å². The zero-order valence-corrected chi connectivity index (χ0v) is 9.64. The van der Waals surface area contributed by atoms with Gasteiger partial charge >= 0.3 is 5.97 Å². The second kappa shape index (κ2) is 3.82. The lowest BCUT2D eigenvalue weighted by Crippen LogP contribution is -2.34. The standard InChI is InChI=1S/C11H14N2O4/c1-15-10(14)8-7-9-11(16-5-6-17-11)3-2-4-13(9)12-8/h7H,2-6H2,1H3. The maximum Gasteiger partial charge on any atom is 0.358 e. The largest absolute Gasteiger partial charge is 0.464 e. The van der Waals surface area contributed by atoms with Crippen LogP contribution < -0.4 is 0 Å². The molecule has 0 aliphatic carbocycles. The molecule has 0 radical (unpaired) electrons. The van der Waals surface area contributed by atoms with Gasteiger partial charge in [0.05, 0.1) is 26.0 Å². The van der Waals surface area contributed by atoms with Gasteiger partial charge in [0.1, 0.15) is 0 Å². The first-order chi connectivity index (χ1) is 8.25. The van der Waals surface area contributed by atoms with Crippen molar-refractivity contribution in [1.29, 1.82) is 0 Å². The van der Waals surface area contributed by atoms with Crippen molar-refractivity contribution >= 4 is 5.97 Å². The van der Waals surface area contributed by atoms with Gasteiger partial charge in [0.25, 0.3) is 0 Å². The van der Waals surface area contributed by atoms with Gasteiger partial charge in [0.2, 0.25) is 5.79 Å². The number of ether oxygens (including phenoxy) is 3. The van der Waals surface area contributed by atoms with E-state index in [4.69, 9.17) is 9.47 Å². The molecule has 2 aliphatic rings. The van der Waals surface area contributed by atoms with Crippen LogP contribution >= 0.6 is 0 Å². The molecule has 1 saturated heterocycles. The predicted octanol–water partition coefficient (Wildman–Crippen LogP) is 0.663. The summed E-state index contributed by atoms with van der Waals surface area (Å²) in [5.41, 5.74) is 1.13. The van der Waals surface area contributed by atoms with Gasteiger partial charge in [0, 0.05) is 13.0 Å². The SMILES string of the molecule is COC(=O)c1cc2n(n1)CCCC21OCCO1. The maximum atomic E-state index is 11.5. The van der Waals surface area contributed by atoms with Crippen molar-refractivity contribution in [3.05, 3.63) is 17.5 Å². The van der Waals surface area contributed by atoms with E-state index in [0.29, 0.717) is 18.9 Å². The first-order valence-corrected chi connectivity index (χ1v) is 5.70. The van der Waals surface area contributed by atoms with Crippen LogP contribution in [0.4, 0.5) is 0 Å². The zero-order chi connectivity index (χ0) is 11.9. The number of rotatable bonds is 1. The molecule has 0 aromatic carbocycles. The number of carbonyl (C=O) groups excluding carboxylic acids is 1. The summed E-state index contributed by atoms with van der Waals surface area (Å²) < 4.78 is 17.8. The van der Waals surface area contributed by atoms with Crippen molar-refractivity contribution in [2.75, 3.05) is 20.3 Å². The van der Waals surface area contributed by atoms with Gasteiger partial charge in [-0.3, -0.25) is 4.68 Å². The average molecular weight is 238 g/mol. The van der Waals surface area contributed by atoms with Crippen LogP contribution in [0.1, 0.15) is 29.0 Å². The summed E-state index contributed by atoms with van der Waals surface area (Å²) in [6, 6.07) is 1.70. The number of nitrogens with zero attached hydrogens (tertiary/aromatic N) is 2. The number of methoxy groups -OCH3 is 1. The van der Waals surface area contributed by atoms with E-state index in [2.05, 4.69) is 9.84 Å². The molecule has 6 nitrogen and oxygen atoms in total. The van der Waals surface area contributed by atoms with E-state index in [1.807, 2.05) is 0 Å². The Morgan fingerprint density at radius 3 is 3.00 bits per heavy atom. The van der Waals surface area contributed by atoms with Crippen LogP contribution in [0.25, 0.3) is 0 Å². The number of carbonyl (C=O) groups is 1. The summed E-state index contributed by atoms with van der Waals surface area (Å²) in [4.78, 5) is 11.5. The Labute approximate surface area is 98.4 Å². The summed E-state index contributed by atoms with van der Waals surface area (Å²) >= 11 is 0. The Morgan fingerprint density at radius 2 is 2.29 bits per heavy atom. The highest BCUT2D eigenvalue weighted by atomic mass is 16.7. The number of hydrogen-bond donors (Lipinski definition) is 0. The minimum atomic E-state index is -0.697. The summed E-state index contributed by atoms with van der Waals surface area (Å²) in [7, 11) is 1.35. The quantitative estimate of drug-likeness (QED) is 0.673. The number of fused-ring (bicyclic) bond motifs is 2. The molecule has 1 aromatic rings. The molecule has 0 bridgehead atoms. The highest BCUT2D eigenvalue weighted by Gasteiger charge is 2.44. The van der Waals surface area contributed by atoms with Gasteiger partial charge in [0.15, 0.2) is 5.69 Å². The van der Waals surface area contributed by atoms with Crippen LogP contribution in [-0.2, 0) is 26.5 Å². The molecule has 0 atom stereocenters. The predicted molar refractivity (Wildman–Crippen MR) is 56.4 cm³/mol. The molecule has 3 rings (SSSR count). The molecule has 1 fully saturated rings. The summed E-state index contributed by atoms with van der Waals surface area (Å²) in [5.74, 6) is -1.13. The molecule has 0 N–H and O–H groups in total. The molecule has 0 saturated carbocycles. The van der Waals surface area contributed by atoms with Gasteiger partial charge < -0.3 is 14.2 Å². The van der Waals surface area contributed by atoms with Gasteiger partial charge in [-0.05, 0) is 12.5 Å². The summed E-state index contributed by atoms with van der Waals surface area (Å²) in [6.07, 6.45) is 1.73. The van der Waals surface area contributed by atoms with Crippen LogP contribution in [-0.4, -0.2) is 36.1 Å². The monoisotopic (exact) mass is 238 g/mol. The van der Waals surface area contributed by atoms with E-state index in [1.54, 1.807) is 10.7 Å². The van der Waals surface area contributed by atoms with Crippen LogP contribution in [0.5, 0.6) is 0 Å². The normalized spacial score (nSPS) is 21.5. The number of aromatic nitrogens is 2. The van der Waals surface area contributed by atoms with Crippen LogP contribution in [0.3, 0.4) is 0 Å². The van der Waals surface area contributed by atoms with E-state index in [-0.39, 0.29) is 0 Å². The molecular formula is C11H14N2O4. The maximum absolute atomic E-state index is 11.5. The van der Waals surface area contributed by atoms with Crippen molar-refractivity contribution in [3.63, 3.8) is 0 Å². The van der Waals surface area contributed by atoms with Crippen LogP contribution in [0.2, 0.25) is 0 Å². The fraction of sp³-hybridized carbons (Fsp3) is 0.636. The molecule has 0 unspecified atom stereocenters. The third kappa shape index (κ3) is 1.56. The molecule has 2 aliphatic heterocycles. The fourth-order valence-corrected chi connectivity index (χ4v) is 2.43. The van der Waals surface area contributed by atoms with Crippen LogP contribution in [0, 0.1) is 0 Å². The molecular weight excluding hydrogens is 224 g/mol. The Balaban J connectivity index is 2.02. The Morgan fingerprint density at radius 1 is 1.53 bits per heavy atom. The van der Waals surface area contributed by atoms with Gasteiger partial charge in [-0.15, -0.1) is 0 Å². The molecule has 3 heterocycles. The van der Waals surface area contributed by atoms with E-state index in [9.17, 15) is 4.79 Å². The molecule has 17 heavy (non-hydrogen) atoms. The summed E-state index contributed by atoms with van der Waals surface area (Å²) in [6.45, 7) is 1.94. The third-order valence-electron chi connectivity index (χ3n) is 3.19. The van der Waals surface area contributed by atoms with Gasteiger partial charge in [-0.2, -0.15) is 5.10 Å². The Kier molecular flexibility index (Phi) is 2.41. The number of esters is 1. The van der Waals surface area contributed by atoms with Crippen molar-refractivity contribution in [1.82, 2.24) is 9.78 Å². The third-order valence-corrected chi connectivity index (χ3v) is 3.19. The number of hydrogen-bond acceptors (Lipinski definition) is 5. The Hall–Kier alpha value is -1.40. The van der Waals surface area contributed by atoms with Crippen molar-refractivity contribution in [2.45, 2.75) is 25.2 Å². The second-order valence-corrected chi connectivity index (χ2v) is 4.18. The molecule has 92 valence electrons. The van der Waals surface area contributed by atoms with E-state index >= 15 is 0 Å². The van der Waals surface area contributed by atoms with Crippen molar-refractivity contribution in [3.8, 4) is 0 Å². The van der Waals surface area contributed by atoms with Crippen LogP contribution in [0.15, 0.2) is 6.07 Å². The van der Waals surface area contributed by atoms with Crippen molar-refractivity contribution < 1.29 is 19.0 Å². The first-order valence-electron chi connectivity index (χ1n) is 5.70. The topological polar surface area (TPSA) is 62.6 Å². The lowest BCUT2D eigenvalue weighted by Gasteiger charge is -2.31. The molecule has 1 spiro atoms. The van der Waals surface area contributed by atoms with Gasteiger partial charge in [-0.1, -0.05) is 0 Å². The average Bonchev–Trinajstić information content (AvgIpc) is 2.96. The fourth-order valence-electron chi connectivity index (χ4n) is 2.43. The number of aryl methyl sites for hydroxylation is 1. The molecule has 0 amide bonds. The first kappa shape index (κ1) is 10.7. The van der Waals surface area contributed by atoms with Gasteiger partial charge in [-0.25, -0.2) is 4.79 Å². The summed E-state index contributed by atoms with van der Waals surface area (Å²) in [5, 5.41) is 4.22. The minimum absolute atomic E-state index is 0.308. The Bertz CT molecular complexity index is 448.